The highest BCUT2D eigenvalue weighted by molar-refractivity contribution is 7.99. The Balaban J connectivity index is 1.33. The number of hydrogen-bond acceptors (Lipinski definition) is 7. The normalized spacial score (nSPS) is 14.7. The van der Waals surface area contributed by atoms with Crippen molar-refractivity contribution in [3.63, 3.8) is 0 Å². The van der Waals surface area contributed by atoms with Gasteiger partial charge in [-0.05, 0) is 64.9 Å². The van der Waals surface area contributed by atoms with E-state index in [2.05, 4.69) is 22.7 Å². The molecule has 1 atom stereocenters. The second kappa shape index (κ2) is 10.8. The van der Waals surface area contributed by atoms with Crippen LogP contribution < -0.4 is 15.6 Å². The van der Waals surface area contributed by atoms with Crippen molar-refractivity contribution in [1.82, 2.24) is 5.27 Å². The SMILES string of the molecule is COC(=O)c1c(NC(=O)CSc2c(=O)o[nH][n+]2-c2ccc(C)cc2)sc2c1CCC(c1ccccc1)C2. The third kappa shape index (κ3) is 5.26. The molecule has 2 aromatic heterocycles. The number of nitrogens with zero attached hydrogens (tertiary/aromatic N) is 1. The zero-order valence-electron chi connectivity index (χ0n) is 20.4. The first kappa shape index (κ1) is 25.0. The smallest absolute Gasteiger partial charge is 0.442 e. The Labute approximate surface area is 221 Å². The molecule has 0 fully saturated rings. The molecule has 0 radical (unpaired) electrons. The number of hydrogen-bond donors (Lipinski definition) is 2. The predicted molar refractivity (Wildman–Crippen MR) is 142 cm³/mol. The molecule has 0 bridgehead atoms. The molecule has 8 nitrogen and oxygen atoms in total. The van der Waals surface area contributed by atoms with E-state index in [4.69, 9.17) is 9.26 Å². The zero-order chi connectivity index (χ0) is 25.9. The van der Waals surface area contributed by atoms with Crippen molar-refractivity contribution in [3.05, 3.63) is 92.1 Å². The number of benzene rings is 2. The van der Waals surface area contributed by atoms with Gasteiger partial charge in [-0.1, -0.05) is 48.0 Å². The van der Waals surface area contributed by atoms with Crippen LogP contribution in [0.5, 0.6) is 0 Å². The highest BCUT2D eigenvalue weighted by Crippen LogP contribution is 2.42. The fourth-order valence-corrected chi connectivity index (χ4v) is 6.65. The molecule has 190 valence electrons. The molecule has 0 saturated carbocycles. The molecule has 37 heavy (non-hydrogen) atoms. The van der Waals surface area contributed by atoms with Gasteiger partial charge in [-0.3, -0.25) is 9.32 Å². The number of carbonyl (C=O) groups is 2. The number of thioether (sulfide) groups is 1. The summed E-state index contributed by atoms with van der Waals surface area (Å²) >= 11 is 2.49. The first-order chi connectivity index (χ1) is 17.9. The molecule has 0 aliphatic heterocycles. The topological polar surface area (TPSA) is 105 Å². The lowest BCUT2D eigenvalue weighted by Gasteiger charge is -2.22. The van der Waals surface area contributed by atoms with Crippen LogP contribution in [0.3, 0.4) is 0 Å². The zero-order valence-corrected chi connectivity index (χ0v) is 22.0. The van der Waals surface area contributed by atoms with Gasteiger partial charge in [0.05, 0.1) is 18.4 Å². The van der Waals surface area contributed by atoms with E-state index in [1.165, 1.54) is 28.7 Å². The second-order valence-corrected chi connectivity index (χ2v) is 10.9. The van der Waals surface area contributed by atoms with E-state index in [1.54, 1.807) is 0 Å². The lowest BCUT2D eigenvalue weighted by Crippen LogP contribution is -2.36. The van der Waals surface area contributed by atoms with Crippen LogP contribution in [0.25, 0.3) is 5.69 Å². The van der Waals surface area contributed by atoms with Crippen LogP contribution in [-0.2, 0) is 22.4 Å². The van der Waals surface area contributed by atoms with Crippen LogP contribution in [0, 0.1) is 6.92 Å². The van der Waals surface area contributed by atoms with E-state index >= 15 is 0 Å². The van der Waals surface area contributed by atoms with Crippen LogP contribution in [0.1, 0.15) is 44.3 Å². The van der Waals surface area contributed by atoms with Gasteiger partial charge >= 0.3 is 16.6 Å². The number of rotatable bonds is 7. The molecule has 0 spiro atoms. The lowest BCUT2D eigenvalue weighted by atomic mass is 9.83. The number of aromatic amines is 1. The molecule has 4 aromatic rings. The minimum Gasteiger partial charge on any atom is -0.465 e. The van der Waals surface area contributed by atoms with Gasteiger partial charge in [0, 0.05) is 17.0 Å². The van der Waals surface area contributed by atoms with Crippen molar-refractivity contribution in [3.8, 4) is 5.69 Å². The summed E-state index contributed by atoms with van der Waals surface area (Å²) in [5.74, 6) is -0.460. The van der Waals surface area contributed by atoms with Gasteiger partial charge in [-0.25, -0.2) is 9.59 Å². The summed E-state index contributed by atoms with van der Waals surface area (Å²) < 4.78 is 11.5. The fourth-order valence-electron chi connectivity index (χ4n) is 4.55. The summed E-state index contributed by atoms with van der Waals surface area (Å²) in [6, 6.07) is 17.9. The molecule has 10 heteroatoms. The van der Waals surface area contributed by atoms with Gasteiger partial charge in [-0.2, -0.15) is 0 Å². The van der Waals surface area contributed by atoms with Gasteiger partial charge in [0.2, 0.25) is 11.6 Å². The van der Waals surface area contributed by atoms with Crippen LogP contribution in [0.2, 0.25) is 0 Å². The number of carbonyl (C=O) groups excluding carboxylic acids is 2. The first-order valence-electron chi connectivity index (χ1n) is 11.9. The van der Waals surface area contributed by atoms with Crippen molar-refractivity contribution in [2.75, 3.05) is 18.2 Å². The number of amides is 1. The summed E-state index contributed by atoms with van der Waals surface area (Å²) in [6.45, 7) is 1.97. The van der Waals surface area contributed by atoms with Gasteiger partial charge in [0.15, 0.2) is 0 Å². The average molecular weight is 537 g/mol. The second-order valence-electron chi connectivity index (χ2n) is 8.84. The van der Waals surface area contributed by atoms with Crippen LogP contribution in [-0.4, -0.2) is 30.0 Å². The van der Waals surface area contributed by atoms with Crippen molar-refractivity contribution in [2.24, 2.45) is 0 Å². The Morgan fingerprint density at radius 3 is 2.68 bits per heavy atom. The van der Waals surface area contributed by atoms with Crippen LogP contribution in [0.4, 0.5) is 5.00 Å². The maximum absolute atomic E-state index is 12.9. The van der Waals surface area contributed by atoms with Crippen molar-refractivity contribution in [2.45, 2.75) is 37.1 Å². The Morgan fingerprint density at radius 2 is 1.95 bits per heavy atom. The largest absolute Gasteiger partial charge is 0.465 e. The molecule has 2 heterocycles. The number of H-pyrrole nitrogens is 1. The molecule has 1 amide bonds. The van der Waals surface area contributed by atoms with E-state index in [0.717, 1.165) is 47.0 Å². The van der Waals surface area contributed by atoms with Crippen molar-refractivity contribution >= 4 is 40.0 Å². The number of ether oxygens (including phenoxy) is 1. The van der Waals surface area contributed by atoms with Gasteiger partial charge in [0.1, 0.15) is 5.00 Å². The molecular formula is C27H26N3O5S2+. The van der Waals surface area contributed by atoms with Crippen molar-refractivity contribution in [1.29, 1.82) is 0 Å². The standard InChI is InChI=1S/C27H25N3O5S2/c1-16-8-11-19(12-9-16)30-25(27(33)35-29-30)36-15-22(31)28-24-23(26(32)34-2)20-13-10-18(14-21(20)37-24)17-6-4-3-5-7-17/h3-9,11-12,18H,10,13-15H2,1-2H3,(H-,28,29,31,32,33)/p+1. The number of fused-ring (bicyclic) bond motifs is 1. The molecule has 1 aliphatic rings. The molecule has 2 aromatic carbocycles. The van der Waals surface area contributed by atoms with E-state index in [0.29, 0.717) is 22.2 Å². The number of aromatic nitrogens is 2. The van der Waals surface area contributed by atoms with Gasteiger partial charge < -0.3 is 10.1 Å². The summed E-state index contributed by atoms with van der Waals surface area (Å²) in [5, 5.41) is 6.22. The summed E-state index contributed by atoms with van der Waals surface area (Å²) in [6.07, 6.45) is 2.46. The van der Waals surface area contributed by atoms with Crippen LogP contribution in [0.15, 0.2) is 68.9 Å². The molecule has 1 unspecified atom stereocenters. The van der Waals surface area contributed by atoms with E-state index < -0.39 is 11.6 Å². The Bertz CT molecular complexity index is 1490. The van der Waals surface area contributed by atoms with E-state index in [9.17, 15) is 14.4 Å². The third-order valence-corrected chi connectivity index (χ3v) is 8.62. The van der Waals surface area contributed by atoms with E-state index in [-0.39, 0.29) is 16.7 Å². The van der Waals surface area contributed by atoms with E-state index in [1.807, 2.05) is 49.4 Å². The van der Waals surface area contributed by atoms with Gasteiger partial charge in [-0.15, -0.1) is 11.3 Å². The third-order valence-electron chi connectivity index (χ3n) is 6.42. The highest BCUT2D eigenvalue weighted by Gasteiger charge is 2.31. The number of aryl methyl sites for hydroxylation is 1. The van der Waals surface area contributed by atoms with Crippen LogP contribution >= 0.6 is 23.1 Å². The Hall–Kier alpha value is -3.63. The Morgan fingerprint density at radius 1 is 1.19 bits per heavy atom. The van der Waals surface area contributed by atoms with Crippen molar-refractivity contribution < 1.29 is 23.5 Å². The number of anilines is 1. The maximum Gasteiger partial charge on any atom is 0.442 e. The highest BCUT2D eigenvalue weighted by atomic mass is 32.2. The number of thiophene rings is 1. The molecule has 5 rings (SSSR count). The summed E-state index contributed by atoms with van der Waals surface area (Å²) in [7, 11) is 1.35. The molecule has 0 saturated heterocycles. The Kier molecular flexibility index (Phi) is 7.29. The monoisotopic (exact) mass is 536 g/mol. The summed E-state index contributed by atoms with van der Waals surface area (Å²) in [4.78, 5) is 39.0. The lowest BCUT2D eigenvalue weighted by molar-refractivity contribution is -0.704. The minimum absolute atomic E-state index is 0.0374. The number of methoxy groups -OCH3 is 1. The molecule has 1 aliphatic carbocycles. The minimum atomic E-state index is -0.563. The average Bonchev–Trinajstić information content (AvgIpc) is 3.46. The van der Waals surface area contributed by atoms with Gasteiger partial charge in [0.25, 0.3) is 0 Å². The molecular weight excluding hydrogens is 510 g/mol. The first-order valence-corrected chi connectivity index (χ1v) is 13.7. The number of nitrogens with one attached hydrogen (secondary N) is 2. The summed E-state index contributed by atoms with van der Waals surface area (Å²) in [5.41, 5.74) is 3.89. The molecule has 2 N–H and O–H groups in total. The maximum atomic E-state index is 12.9. The predicted octanol–water partition coefficient (Wildman–Crippen LogP) is 4.40. The quantitative estimate of drug-likeness (QED) is 0.206. The fraction of sp³-hybridized carbons (Fsp3) is 0.259. The number of esters is 1.